The van der Waals surface area contributed by atoms with Crippen molar-refractivity contribution in [1.82, 2.24) is 4.90 Å². The lowest BCUT2D eigenvalue weighted by molar-refractivity contribution is -0.118. The molecule has 3 N–H and O–H groups in total. The summed E-state index contributed by atoms with van der Waals surface area (Å²) in [6.07, 6.45) is 3.40. The molecule has 0 aliphatic carbocycles. The van der Waals surface area contributed by atoms with Gasteiger partial charge in [0.2, 0.25) is 5.91 Å². The number of rotatable bonds is 4. The maximum absolute atomic E-state index is 12.3. The van der Waals surface area contributed by atoms with Crippen molar-refractivity contribution in [3.05, 3.63) is 27.1 Å². The standard InChI is InChI=1S/C15H21Br2N3O/c1-10-3-2-4-12(8-18)20(10)9-15(21)19-14-6-5-11(16)7-13(14)17/h5-7,10,12H,2-4,8-9,18H2,1H3,(H,19,21). The third kappa shape index (κ3) is 4.52. The van der Waals surface area contributed by atoms with Crippen LogP contribution in [0.1, 0.15) is 26.2 Å². The van der Waals surface area contributed by atoms with Gasteiger partial charge in [-0.3, -0.25) is 9.69 Å². The third-order valence-electron chi connectivity index (χ3n) is 4.00. The molecule has 1 saturated heterocycles. The van der Waals surface area contributed by atoms with Crippen molar-refractivity contribution in [2.45, 2.75) is 38.3 Å². The first-order chi connectivity index (χ1) is 10.0. The van der Waals surface area contributed by atoms with Gasteiger partial charge in [0.05, 0.1) is 12.2 Å². The van der Waals surface area contributed by atoms with Gasteiger partial charge in [0, 0.05) is 27.6 Å². The molecule has 0 radical (unpaired) electrons. The number of likely N-dealkylation sites (tertiary alicyclic amines) is 1. The zero-order valence-corrected chi connectivity index (χ0v) is 15.3. The van der Waals surface area contributed by atoms with Crippen LogP contribution in [-0.2, 0) is 4.79 Å². The van der Waals surface area contributed by atoms with Crippen LogP contribution >= 0.6 is 31.9 Å². The highest BCUT2D eigenvalue weighted by molar-refractivity contribution is 9.11. The smallest absolute Gasteiger partial charge is 0.238 e. The van der Waals surface area contributed by atoms with Gasteiger partial charge in [-0.2, -0.15) is 0 Å². The molecule has 2 rings (SSSR count). The first-order valence-corrected chi connectivity index (χ1v) is 8.80. The van der Waals surface area contributed by atoms with Gasteiger partial charge in [-0.25, -0.2) is 0 Å². The highest BCUT2D eigenvalue weighted by Gasteiger charge is 2.28. The average Bonchev–Trinajstić information content (AvgIpc) is 2.44. The molecule has 116 valence electrons. The van der Waals surface area contributed by atoms with Gasteiger partial charge >= 0.3 is 0 Å². The first-order valence-electron chi connectivity index (χ1n) is 7.22. The monoisotopic (exact) mass is 417 g/mol. The molecule has 2 unspecified atom stereocenters. The molecular formula is C15H21Br2N3O. The van der Waals surface area contributed by atoms with Crippen LogP contribution in [-0.4, -0.2) is 36.0 Å². The second kappa shape index (κ2) is 7.72. The molecule has 0 bridgehead atoms. The SMILES string of the molecule is CC1CCCC(CN)N1CC(=O)Nc1ccc(Br)cc1Br. The second-order valence-electron chi connectivity index (χ2n) is 5.51. The molecule has 1 heterocycles. The van der Waals surface area contributed by atoms with Crippen LogP contribution in [0.4, 0.5) is 5.69 Å². The fourth-order valence-corrected chi connectivity index (χ4v) is 3.97. The number of amides is 1. The van der Waals surface area contributed by atoms with E-state index in [0.717, 1.165) is 27.5 Å². The number of carbonyl (C=O) groups is 1. The van der Waals surface area contributed by atoms with Crippen LogP contribution in [0.5, 0.6) is 0 Å². The summed E-state index contributed by atoms with van der Waals surface area (Å²) >= 11 is 6.86. The van der Waals surface area contributed by atoms with Crippen molar-refractivity contribution < 1.29 is 4.79 Å². The van der Waals surface area contributed by atoms with Crippen molar-refractivity contribution >= 4 is 43.5 Å². The minimum atomic E-state index is 0.00484. The normalized spacial score (nSPS) is 23.0. The van der Waals surface area contributed by atoms with Gasteiger partial charge in [0.25, 0.3) is 0 Å². The Bertz CT molecular complexity index is 510. The molecule has 4 nitrogen and oxygen atoms in total. The largest absolute Gasteiger partial charge is 0.329 e. The van der Waals surface area contributed by atoms with Crippen LogP contribution in [0.2, 0.25) is 0 Å². The lowest BCUT2D eigenvalue weighted by Gasteiger charge is -2.39. The molecule has 1 amide bonds. The van der Waals surface area contributed by atoms with E-state index in [-0.39, 0.29) is 5.91 Å². The molecule has 6 heteroatoms. The maximum atomic E-state index is 12.3. The van der Waals surface area contributed by atoms with Crippen molar-refractivity contribution in [3.8, 4) is 0 Å². The quantitative estimate of drug-likeness (QED) is 0.788. The Morgan fingerprint density at radius 1 is 1.43 bits per heavy atom. The number of piperidine rings is 1. The lowest BCUT2D eigenvalue weighted by Crippen LogP contribution is -2.51. The van der Waals surface area contributed by atoms with Gasteiger partial charge < -0.3 is 11.1 Å². The molecule has 1 aliphatic heterocycles. The Hall–Kier alpha value is -0.430. The summed E-state index contributed by atoms with van der Waals surface area (Å²) in [6.45, 7) is 3.18. The number of carbonyl (C=O) groups excluding carboxylic acids is 1. The lowest BCUT2D eigenvalue weighted by atomic mass is 9.96. The van der Waals surface area contributed by atoms with Crippen LogP contribution < -0.4 is 11.1 Å². The molecule has 2 atom stereocenters. The number of halogens is 2. The van der Waals surface area contributed by atoms with E-state index in [9.17, 15) is 4.79 Å². The van der Waals surface area contributed by atoms with Gasteiger partial charge in [-0.1, -0.05) is 22.4 Å². The minimum Gasteiger partial charge on any atom is -0.329 e. The summed E-state index contributed by atoms with van der Waals surface area (Å²) in [5.74, 6) is 0.00484. The Morgan fingerprint density at radius 2 is 2.19 bits per heavy atom. The topological polar surface area (TPSA) is 58.4 Å². The summed E-state index contributed by atoms with van der Waals surface area (Å²) in [5, 5.41) is 2.96. The van der Waals surface area contributed by atoms with E-state index < -0.39 is 0 Å². The van der Waals surface area contributed by atoms with Gasteiger partial charge in [-0.15, -0.1) is 0 Å². The predicted molar refractivity (Wildman–Crippen MR) is 93.3 cm³/mol. The van der Waals surface area contributed by atoms with Crippen molar-refractivity contribution in [3.63, 3.8) is 0 Å². The van der Waals surface area contributed by atoms with Crippen molar-refractivity contribution in [1.29, 1.82) is 0 Å². The van der Waals surface area contributed by atoms with Crippen LogP contribution in [0.15, 0.2) is 27.1 Å². The summed E-state index contributed by atoms with van der Waals surface area (Å²) in [4.78, 5) is 14.5. The highest BCUT2D eigenvalue weighted by atomic mass is 79.9. The summed E-state index contributed by atoms with van der Waals surface area (Å²) < 4.78 is 1.84. The molecule has 1 aliphatic rings. The average molecular weight is 419 g/mol. The number of nitrogens with zero attached hydrogens (tertiary/aromatic N) is 1. The third-order valence-corrected chi connectivity index (χ3v) is 5.15. The summed E-state index contributed by atoms with van der Waals surface area (Å²) in [7, 11) is 0. The predicted octanol–water partition coefficient (Wildman–Crippen LogP) is 3.35. The van der Waals surface area contributed by atoms with Crippen LogP contribution in [0.3, 0.4) is 0 Å². The number of nitrogens with two attached hydrogens (primary N) is 1. The van der Waals surface area contributed by atoms with E-state index in [0.29, 0.717) is 25.2 Å². The highest BCUT2D eigenvalue weighted by Crippen LogP contribution is 2.27. The number of anilines is 1. The van der Waals surface area contributed by atoms with E-state index in [2.05, 4.69) is 49.0 Å². The zero-order valence-electron chi connectivity index (χ0n) is 12.1. The van der Waals surface area contributed by atoms with Crippen LogP contribution in [0.25, 0.3) is 0 Å². The second-order valence-corrected chi connectivity index (χ2v) is 7.28. The summed E-state index contributed by atoms with van der Waals surface area (Å²) in [5.41, 5.74) is 6.63. The van der Waals surface area contributed by atoms with E-state index in [1.165, 1.54) is 6.42 Å². The molecule has 0 aromatic heterocycles. The van der Waals surface area contributed by atoms with Gasteiger partial charge in [0.15, 0.2) is 0 Å². The molecule has 0 spiro atoms. The molecule has 21 heavy (non-hydrogen) atoms. The number of hydrogen-bond acceptors (Lipinski definition) is 3. The fourth-order valence-electron chi connectivity index (χ4n) is 2.83. The Morgan fingerprint density at radius 3 is 2.86 bits per heavy atom. The number of benzene rings is 1. The minimum absolute atomic E-state index is 0.00484. The Balaban J connectivity index is 2.00. The molecular weight excluding hydrogens is 398 g/mol. The first kappa shape index (κ1) is 16.9. The summed E-state index contributed by atoms with van der Waals surface area (Å²) in [6, 6.07) is 6.43. The number of hydrogen-bond donors (Lipinski definition) is 2. The molecule has 1 aromatic rings. The fraction of sp³-hybridized carbons (Fsp3) is 0.533. The van der Waals surface area contributed by atoms with E-state index in [4.69, 9.17) is 5.73 Å². The Labute approximate surface area is 142 Å². The van der Waals surface area contributed by atoms with E-state index in [1.807, 2.05) is 18.2 Å². The maximum Gasteiger partial charge on any atom is 0.238 e. The van der Waals surface area contributed by atoms with Crippen molar-refractivity contribution in [2.24, 2.45) is 5.73 Å². The number of nitrogens with one attached hydrogen (secondary N) is 1. The Kier molecular flexibility index (Phi) is 6.22. The zero-order chi connectivity index (χ0) is 15.4. The van der Waals surface area contributed by atoms with Gasteiger partial charge in [0.1, 0.15) is 0 Å². The van der Waals surface area contributed by atoms with Gasteiger partial charge in [-0.05, 0) is 53.9 Å². The molecule has 0 saturated carbocycles. The molecule has 1 aromatic carbocycles. The molecule has 1 fully saturated rings. The van der Waals surface area contributed by atoms with Crippen LogP contribution in [0, 0.1) is 0 Å². The van der Waals surface area contributed by atoms with Crippen molar-refractivity contribution in [2.75, 3.05) is 18.4 Å². The van der Waals surface area contributed by atoms with E-state index >= 15 is 0 Å². The van der Waals surface area contributed by atoms with E-state index in [1.54, 1.807) is 0 Å².